The van der Waals surface area contributed by atoms with E-state index in [1.54, 1.807) is 24.3 Å². The number of para-hydroxylation sites is 2. The molecule has 0 heterocycles. The van der Waals surface area contributed by atoms with E-state index in [-0.39, 0.29) is 24.8 Å². The van der Waals surface area contributed by atoms with E-state index in [1.807, 2.05) is 66.7 Å². The lowest BCUT2D eigenvalue weighted by atomic mass is 10.3. The summed E-state index contributed by atoms with van der Waals surface area (Å²) < 4.78 is 10.8. The molecule has 6 heteroatoms. The Morgan fingerprint density at radius 3 is 1.40 bits per heavy atom. The minimum absolute atomic E-state index is 0.203. The summed E-state index contributed by atoms with van der Waals surface area (Å²) in [5.74, 6) is 0.389. The molecule has 0 spiro atoms. The predicted molar refractivity (Wildman–Crippen MR) is 123 cm³/mol. The maximum atomic E-state index is 12.3. The van der Waals surface area contributed by atoms with E-state index in [2.05, 4.69) is 0 Å². The molecule has 30 heavy (non-hydrogen) atoms. The molecule has 0 unspecified atom stereocenters. The SMILES string of the molecule is O=C(CCP(=S)(CCC(=O)Oc1ccccc1)c1ccccc1)Oc1ccccc1. The molecule has 0 aliphatic heterocycles. The van der Waals surface area contributed by atoms with Crippen molar-refractivity contribution in [1.29, 1.82) is 0 Å². The molecule has 0 bridgehead atoms. The standard InChI is InChI=1S/C24H23O4PS/c25-23(27-20-10-4-1-5-11-20)16-18-29(30,22-14-8-3-9-15-22)19-17-24(26)28-21-12-6-2-7-13-21/h1-15H,16-19H2. The number of hydrogen-bond acceptors (Lipinski definition) is 5. The molecule has 3 aromatic carbocycles. The van der Waals surface area contributed by atoms with E-state index in [9.17, 15) is 9.59 Å². The summed E-state index contributed by atoms with van der Waals surface area (Å²) in [5, 5.41) is 1.01. The van der Waals surface area contributed by atoms with Crippen molar-refractivity contribution in [2.75, 3.05) is 12.3 Å². The highest BCUT2D eigenvalue weighted by Gasteiger charge is 2.23. The van der Waals surface area contributed by atoms with Gasteiger partial charge in [-0.25, -0.2) is 0 Å². The number of carbonyl (C=O) groups is 2. The van der Waals surface area contributed by atoms with Crippen molar-refractivity contribution in [3.8, 4) is 11.5 Å². The highest BCUT2D eigenvalue weighted by atomic mass is 32.4. The quantitative estimate of drug-likeness (QED) is 0.273. The van der Waals surface area contributed by atoms with Crippen LogP contribution >= 0.6 is 6.04 Å². The molecular weight excluding hydrogens is 415 g/mol. The van der Waals surface area contributed by atoms with Crippen molar-refractivity contribution in [2.45, 2.75) is 12.8 Å². The van der Waals surface area contributed by atoms with Gasteiger partial charge in [-0.15, -0.1) is 0 Å². The van der Waals surface area contributed by atoms with Crippen LogP contribution in [0.5, 0.6) is 11.5 Å². The maximum absolute atomic E-state index is 12.3. The molecule has 0 N–H and O–H groups in total. The first-order chi connectivity index (χ1) is 14.5. The normalized spacial score (nSPS) is 10.9. The van der Waals surface area contributed by atoms with Gasteiger partial charge in [0.2, 0.25) is 0 Å². The largest absolute Gasteiger partial charge is 0.427 e. The lowest BCUT2D eigenvalue weighted by Crippen LogP contribution is -2.18. The second-order valence-corrected chi connectivity index (χ2v) is 12.0. The van der Waals surface area contributed by atoms with Crippen LogP contribution in [0.25, 0.3) is 0 Å². The van der Waals surface area contributed by atoms with E-state index in [0.29, 0.717) is 23.8 Å². The molecule has 0 saturated heterocycles. The van der Waals surface area contributed by atoms with Gasteiger partial charge in [0, 0.05) is 0 Å². The molecule has 0 fully saturated rings. The molecule has 0 aliphatic carbocycles. The van der Waals surface area contributed by atoms with E-state index in [1.165, 1.54) is 0 Å². The highest BCUT2D eigenvalue weighted by molar-refractivity contribution is 8.18. The highest BCUT2D eigenvalue weighted by Crippen LogP contribution is 2.46. The van der Waals surface area contributed by atoms with Gasteiger partial charge in [-0.3, -0.25) is 9.59 Å². The molecule has 0 amide bonds. The molecule has 3 aromatic rings. The van der Waals surface area contributed by atoms with Crippen LogP contribution in [-0.2, 0) is 21.4 Å². The maximum Gasteiger partial charge on any atom is 0.311 e. The average molecular weight is 438 g/mol. The number of hydrogen-bond donors (Lipinski definition) is 0. The van der Waals surface area contributed by atoms with Crippen molar-refractivity contribution >= 4 is 35.1 Å². The van der Waals surface area contributed by atoms with Crippen molar-refractivity contribution in [3.05, 3.63) is 91.0 Å². The van der Waals surface area contributed by atoms with Crippen LogP contribution in [0.4, 0.5) is 0 Å². The van der Waals surface area contributed by atoms with Gasteiger partial charge in [-0.05, 0) is 47.9 Å². The molecule has 0 aromatic heterocycles. The van der Waals surface area contributed by atoms with E-state index >= 15 is 0 Å². The minimum atomic E-state index is -2.16. The summed E-state index contributed by atoms with van der Waals surface area (Å²) in [6, 6.07) is 25.5. The van der Waals surface area contributed by atoms with Gasteiger partial charge < -0.3 is 9.47 Å². The molecular formula is C24H23O4PS. The summed E-state index contributed by atoms with van der Waals surface area (Å²) in [6.45, 7) is 0. The molecule has 0 saturated carbocycles. The Labute approximate surface area is 181 Å². The van der Waals surface area contributed by atoms with Crippen molar-refractivity contribution in [2.24, 2.45) is 0 Å². The Hall–Kier alpha value is -2.75. The first kappa shape index (κ1) is 21.9. The van der Waals surface area contributed by atoms with Crippen molar-refractivity contribution < 1.29 is 19.1 Å². The average Bonchev–Trinajstić information content (AvgIpc) is 2.78. The molecule has 4 nitrogen and oxygen atoms in total. The second kappa shape index (κ2) is 10.9. The van der Waals surface area contributed by atoms with Crippen LogP contribution in [0.3, 0.4) is 0 Å². The first-order valence-corrected chi connectivity index (χ1v) is 12.9. The van der Waals surface area contributed by atoms with Crippen LogP contribution in [0.15, 0.2) is 91.0 Å². The summed E-state index contributed by atoms with van der Waals surface area (Å²) in [6.07, 6.45) is 1.40. The zero-order valence-electron chi connectivity index (χ0n) is 16.5. The van der Waals surface area contributed by atoms with Crippen LogP contribution in [0.2, 0.25) is 0 Å². The molecule has 0 aliphatic rings. The fraction of sp³-hybridized carbons (Fsp3) is 0.167. The third-order valence-corrected chi connectivity index (χ3v) is 9.39. The van der Waals surface area contributed by atoms with Crippen molar-refractivity contribution in [3.63, 3.8) is 0 Å². The topological polar surface area (TPSA) is 52.6 Å². The van der Waals surface area contributed by atoms with E-state index in [0.717, 1.165) is 5.30 Å². The zero-order valence-corrected chi connectivity index (χ0v) is 18.2. The Morgan fingerprint density at radius 2 is 1.00 bits per heavy atom. The third kappa shape index (κ3) is 6.65. The molecule has 0 atom stereocenters. The smallest absolute Gasteiger partial charge is 0.311 e. The molecule has 0 radical (unpaired) electrons. The number of benzene rings is 3. The summed E-state index contributed by atoms with van der Waals surface area (Å²) in [4.78, 5) is 24.7. The number of ether oxygens (including phenoxy) is 2. The number of rotatable bonds is 9. The van der Waals surface area contributed by atoms with Gasteiger partial charge >= 0.3 is 11.9 Å². The van der Waals surface area contributed by atoms with Gasteiger partial charge in [-0.2, -0.15) is 0 Å². The Bertz CT molecular complexity index is 946. The lowest BCUT2D eigenvalue weighted by Gasteiger charge is -2.22. The van der Waals surface area contributed by atoms with Crippen molar-refractivity contribution in [1.82, 2.24) is 0 Å². The fourth-order valence-electron chi connectivity index (χ4n) is 2.96. The summed E-state index contributed by atoms with van der Waals surface area (Å²) in [7, 11) is 0. The second-order valence-electron chi connectivity index (χ2n) is 6.75. The molecule has 154 valence electrons. The monoisotopic (exact) mass is 438 g/mol. The molecule has 3 rings (SSSR count). The zero-order chi connectivity index (χ0) is 21.2. The lowest BCUT2D eigenvalue weighted by molar-refractivity contribution is -0.134. The Morgan fingerprint density at radius 1 is 0.633 bits per heavy atom. The van der Waals surface area contributed by atoms with Gasteiger partial charge in [-0.1, -0.05) is 78.5 Å². The van der Waals surface area contributed by atoms with Gasteiger partial charge in [0.05, 0.1) is 12.8 Å². The van der Waals surface area contributed by atoms with Crippen LogP contribution < -0.4 is 14.8 Å². The van der Waals surface area contributed by atoms with E-state index < -0.39 is 6.04 Å². The Balaban J connectivity index is 1.63. The van der Waals surface area contributed by atoms with Gasteiger partial charge in [0.15, 0.2) is 0 Å². The third-order valence-electron chi connectivity index (χ3n) is 4.53. The fourth-order valence-corrected chi connectivity index (χ4v) is 6.41. The number of esters is 2. The Kier molecular flexibility index (Phi) is 7.95. The van der Waals surface area contributed by atoms with Gasteiger partial charge in [0.1, 0.15) is 11.5 Å². The van der Waals surface area contributed by atoms with Crippen LogP contribution in [0, 0.1) is 0 Å². The predicted octanol–water partition coefficient (Wildman–Crippen LogP) is 4.78. The number of carbonyl (C=O) groups excluding carboxylic acids is 2. The summed E-state index contributed by atoms with van der Waals surface area (Å²) in [5.41, 5.74) is 0. The van der Waals surface area contributed by atoms with E-state index in [4.69, 9.17) is 21.3 Å². The minimum Gasteiger partial charge on any atom is -0.427 e. The van der Waals surface area contributed by atoms with Crippen LogP contribution in [0.1, 0.15) is 12.8 Å². The van der Waals surface area contributed by atoms with Crippen LogP contribution in [-0.4, -0.2) is 24.3 Å². The van der Waals surface area contributed by atoms with Gasteiger partial charge in [0.25, 0.3) is 0 Å². The summed E-state index contributed by atoms with van der Waals surface area (Å²) >= 11 is 6.03. The first-order valence-electron chi connectivity index (χ1n) is 9.70.